The van der Waals surface area contributed by atoms with Gasteiger partial charge in [0.2, 0.25) is 0 Å². The summed E-state index contributed by atoms with van der Waals surface area (Å²) in [5, 5.41) is 6.44. The number of carbonyl (C=O) groups is 1. The standard InChI is InChI=1S/C21H20F6N6O2S/c1-4-36(3,35)32-16-5-6-30-33(16)18-17(28-7-8-29-18)12(2)31-19(34)13-9-14(20(22,23)24)11-15(10-13)21(25,26)27/h5-12H,4H2,1-3H3,(H,31,34). The summed E-state index contributed by atoms with van der Waals surface area (Å²) in [6.07, 6.45) is -4.79. The van der Waals surface area contributed by atoms with Crippen molar-refractivity contribution in [2.75, 3.05) is 12.0 Å². The van der Waals surface area contributed by atoms with Crippen LogP contribution in [-0.2, 0) is 22.1 Å². The highest BCUT2D eigenvalue weighted by atomic mass is 32.2. The second kappa shape index (κ2) is 9.87. The maximum atomic E-state index is 13.2. The molecular formula is C21H20F6N6O2S. The van der Waals surface area contributed by atoms with Gasteiger partial charge in [-0.05, 0) is 25.1 Å². The molecule has 1 N–H and O–H groups in total. The molecule has 0 spiro atoms. The first-order chi connectivity index (χ1) is 16.6. The lowest BCUT2D eigenvalue weighted by molar-refractivity contribution is -0.143. The van der Waals surface area contributed by atoms with E-state index in [0.29, 0.717) is 12.1 Å². The molecular weight excluding hydrogens is 514 g/mol. The lowest BCUT2D eigenvalue weighted by atomic mass is 10.0. The van der Waals surface area contributed by atoms with E-state index in [1.807, 2.05) is 0 Å². The number of alkyl halides is 6. The first-order valence-corrected chi connectivity index (χ1v) is 12.4. The summed E-state index contributed by atoms with van der Waals surface area (Å²) >= 11 is 0. The van der Waals surface area contributed by atoms with E-state index in [2.05, 4.69) is 24.7 Å². The van der Waals surface area contributed by atoms with Crippen molar-refractivity contribution < 1.29 is 35.3 Å². The number of halogens is 6. The van der Waals surface area contributed by atoms with Gasteiger partial charge in [0.25, 0.3) is 5.91 Å². The van der Waals surface area contributed by atoms with Gasteiger partial charge in [0, 0.05) is 36.0 Å². The van der Waals surface area contributed by atoms with Crippen LogP contribution in [0.15, 0.2) is 47.2 Å². The Morgan fingerprint density at radius 2 is 1.64 bits per heavy atom. The molecule has 0 saturated carbocycles. The number of amides is 1. The normalized spacial score (nSPS) is 14.7. The first-order valence-electron chi connectivity index (χ1n) is 10.3. The van der Waals surface area contributed by atoms with Crippen LogP contribution < -0.4 is 5.32 Å². The zero-order valence-corrected chi connectivity index (χ0v) is 19.9. The van der Waals surface area contributed by atoms with Crippen LogP contribution in [0.25, 0.3) is 5.82 Å². The lowest BCUT2D eigenvalue weighted by Gasteiger charge is -2.18. The van der Waals surface area contributed by atoms with E-state index in [1.165, 1.54) is 42.5 Å². The lowest BCUT2D eigenvalue weighted by Crippen LogP contribution is -2.29. The van der Waals surface area contributed by atoms with Crippen LogP contribution in [0, 0.1) is 0 Å². The summed E-state index contributed by atoms with van der Waals surface area (Å²) in [5.74, 6) is -0.684. The Morgan fingerprint density at radius 3 is 2.19 bits per heavy atom. The molecule has 15 heteroatoms. The molecule has 36 heavy (non-hydrogen) atoms. The largest absolute Gasteiger partial charge is 0.416 e. The third-order valence-corrected chi connectivity index (χ3v) is 6.60. The van der Waals surface area contributed by atoms with Crippen molar-refractivity contribution in [3.63, 3.8) is 0 Å². The van der Waals surface area contributed by atoms with Crippen molar-refractivity contribution >= 4 is 21.5 Å². The van der Waals surface area contributed by atoms with E-state index in [4.69, 9.17) is 0 Å². The summed E-state index contributed by atoms with van der Waals surface area (Å²) in [5.41, 5.74) is -3.97. The number of carbonyl (C=O) groups excluding carboxylic acids is 1. The Labute approximate surface area is 201 Å². The Morgan fingerprint density at radius 1 is 1.06 bits per heavy atom. The molecule has 1 aromatic carbocycles. The molecule has 8 nitrogen and oxygen atoms in total. The highest BCUT2D eigenvalue weighted by Gasteiger charge is 2.37. The number of aromatic nitrogens is 4. The molecule has 2 unspecified atom stereocenters. The monoisotopic (exact) mass is 534 g/mol. The summed E-state index contributed by atoms with van der Waals surface area (Å²) < 4.78 is 96.8. The first kappa shape index (κ1) is 27.1. The average molecular weight is 534 g/mol. The number of benzene rings is 1. The predicted octanol–water partition coefficient (Wildman–Crippen LogP) is 4.94. The predicted molar refractivity (Wildman–Crippen MR) is 118 cm³/mol. The molecule has 3 aromatic rings. The summed E-state index contributed by atoms with van der Waals surface area (Å²) in [6, 6.07) is 1.05. The third-order valence-electron chi connectivity index (χ3n) is 4.96. The summed E-state index contributed by atoms with van der Waals surface area (Å²) in [7, 11) is -2.58. The van der Waals surface area contributed by atoms with Crippen molar-refractivity contribution in [2.24, 2.45) is 4.36 Å². The minimum Gasteiger partial charge on any atom is -0.344 e. The van der Waals surface area contributed by atoms with Crippen LogP contribution in [0.2, 0.25) is 0 Å². The van der Waals surface area contributed by atoms with Crippen molar-refractivity contribution in [1.82, 2.24) is 25.1 Å². The Hall–Kier alpha value is -3.49. The van der Waals surface area contributed by atoms with Gasteiger partial charge in [-0.25, -0.2) is 9.19 Å². The molecule has 1 amide bonds. The van der Waals surface area contributed by atoms with Gasteiger partial charge in [0.15, 0.2) is 11.6 Å². The van der Waals surface area contributed by atoms with Gasteiger partial charge in [-0.15, -0.1) is 0 Å². The van der Waals surface area contributed by atoms with Crippen LogP contribution in [0.4, 0.5) is 32.2 Å². The highest BCUT2D eigenvalue weighted by Crippen LogP contribution is 2.36. The fourth-order valence-electron chi connectivity index (χ4n) is 3.04. The number of hydrogen-bond donors (Lipinski definition) is 1. The molecule has 0 radical (unpaired) electrons. The number of nitrogens with one attached hydrogen (secondary N) is 1. The molecule has 2 heterocycles. The molecule has 0 bridgehead atoms. The quantitative estimate of drug-likeness (QED) is 0.452. The fourth-order valence-corrected chi connectivity index (χ4v) is 3.70. The second-order valence-corrected chi connectivity index (χ2v) is 10.4. The Balaban J connectivity index is 1.99. The van der Waals surface area contributed by atoms with Crippen molar-refractivity contribution in [1.29, 1.82) is 0 Å². The fraction of sp³-hybridized carbons (Fsp3) is 0.333. The van der Waals surface area contributed by atoms with Crippen LogP contribution in [0.5, 0.6) is 0 Å². The summed E-state index contributed by atoms with van der Waals surface area (Å²) in [4.78, 5) is 21.0. The minimum atomic E-state index is -5.10. The van der Waals surface area contributed by atoms with E-state index in [-0.39, 0.29) is 29.1 Å². The van der Waals surface area contributed by atoms with E-state index in [0.717, 1.165) is 0 Å². The molecule has 0 aliphatic heterocycles. The topological polar surface area (TPSA) is 102 Å². The Kier molecular flexibility index (Phi) is 7.43. The molecule has 194 valence electrons. The molecule has 0 saturated heterocycles. The molecule has 2 atom stereocenters. The Bertz CT molecular complexity index is 1360. The van der Waals surface area contributed by atoms with Crippen molar-refractivity contribution in [3.8, 4) is 5.82 Å². The van der Waals surface area contributed by atoms with Gasteiger partial charge < -0.3 is 5.32 Å². The van der Waals surface area contributed by atoms with Gasteiger partial charge >= 0.3 is 12.4 Å². The van der Waals surface area contributed by atoms with Crippen LogP contribution in [0.3, 0.4) is 0 Å². The third kappa shape index (κ3) is 6.19. The smallest absolute Gasteiger partial charge is 0.344 e. The van der Waals surface area contributed by atoms with Crippen LogP contribution >= 0.6 is 0 Å². The second-order valence-electron chi connectivity index (χ2n) is 7.70. The maximum absolute atomic E-state index is 13.2. The molecule has 3 rings (SSSR count). The van der Waals surface area contributed by atoms with Gasteiger partial charge in [0.05, 0.1) is 33.1 Å². The molecule has 0 aliphatic carbocycles. The number of hydrogen-bond acceptors (Lipinski definition) is 6. The highest BCUT2D eigenvalue weighted by molar-refractivity contribution is 7.93. The van der Waals surface area contributed by atoms with E-state index < -0.39 is 50.7 Å². The molecule has 2 aromatic heterocycles. The van der Waals surface area contributed by atoms with E-state index in [1.54, 1.807) is 6.92 Å². The van der Waals surface area contributed by atoms with Crippen LogP contribution in [-0.4, -0.2) is 41.9 Å². The minimum absolute atomic E-state index is 0.0637. The average Bonchev–Trinajstić information content (AvgIpc) is 3.24. The maximum Gasteiger partial charge on any atom is 0.416 e. The zero-order chi connectivity index (χ0) is 26.9. The molecule has 0 fully saturated rings. The van der Waals surface area contributed by atoms with Gasteiger partial charge in [-0.2, -0.15) is 40.5 Å². The van der Waals surface area contributed by atoms with Crippen molar-refractivity contribution in [2.45, 2.75) is 32.2 Å². The van der Waals surface area contributed by atoms with Gasteiger partial charge in [-0.1, -0.05) is 6.92 Å². The number of rotatable bonds is 6. The molecule has 0 aliphatic rings. The number of nitrogens with zero attached hydrogens (tertiary/aromatic N) is 5. The van der Waals surface area contributed by atoms with Crippen LogP contribution in [0.1, 0.15) is 47.1 Å². The van der Waals surface area contributed by atoms with Crippen molar-refractivity contribution in [3.05, 3.63) is 65.2 Å². The van der Waals surface area contributed by atoms with E-state index in [9.17, 15) is 35.3 Å². The van der Waals surface area contributed by atoms with E-state index >= 15 is 0 Å². The van der Waals surface area contributed by atoms with Gasteiger partial charge in [-0.3, -0.25) is 9.78 Å². The summed E-state index contributed by atoms with van der Waals surface area (Å²) in [6.45, 7) is 3.11. The zero-order valence-electron chi connectivity index (χ0n) is 19.1. The van der Waals surface area contributed by atoms with Gasteiger partial charge in [0.1, 0.15) is 5.69 Å². The SMILES string of the molecule is CCS(C)(=O)=Nc1ccnn1-c1nccnc1C(C)NC(=O)c1cc(C(F)(F)F)cc(C(F)(F)F)c1.